The first-order valence-electron chi connectivity index (χ1n) is 5.46. The van der Waals surface area contributed by atoms with Crippen LogP contribution in [0.25, 0.3) is 10.2 Å². The minimum atomic E-state index is -0.229. The normalized spacial score (nSPS) is 10.8. The summed E-state index contributed by atoms with van der Waals surface area (Å²) in [4.78, 5) is 15.1. The molecule has 3 nitrogen and oxygen atoms in total. The molecule has 2 N–H and O–H groups in total. The molecule has 1 amide bonds. The van der Waals surface area contributed by atoms with E-state index in [1.54, 1.807) is 29.5 Å². The van der Waals surface area contributed by atoms with E-state index in [2.05, 4.69) is 10.3 Å². The van der Waals surface area contributed by atoms with Gasteiger partial charge < -0.3 is 10.3 Å². The lowest BCUT2D eigenvalue weighted by Crippen LogP contribution is -2.12. The molecule has 0 unspecified atom stereocenters. The molecule has 0 atom stereocenters. The van der Waals surface area contributed by atoms with Crippen LogP contribution >= 0.6 is 34.5 Å². The molecular formula is C13H8Cl2N2OS. The maximum absolute atomic E-state index is 12.1. The zero-order valence-corrected chi connectivity index (χ0v) is 11.9. The van der Waals surface area contributed by atoms with Crippen molar-refractivity contribution < 1.29 is 4.79 Å². The third kappa shape index (κ3) is 2.47. The topological polar surface area (TPSA) is 44.9 Å². The van der Waals surface area contributed by atoms with E-state index in [1.807, 2.05) is 17.5 Å². The molecule has 0 spiro atoms. The second kappa shape index (κ2) is 4.89. The predicted molar refractivity (Wildman–Crippen MR) is 80.6 cm³/mol. The first-order valence-corrected chi connectivity index (χ1v) is 7.09. The Balaban J connectivity index is 1.86. The van der Waals surface area contributed by atoms with Gasteiger partial charge in [0, 0.05) is 5.02 Å². The van der Waals surface area contributed by atoms with Crippen molar-refractivity contribution in [3.8, 4) is 0 Å². The quantitative estimate of drug-likeness (QED) is 0.702. The van der Waals surface area contributed by atoms with Crippen LogP contribution in [0.5, 0.6) is 0 Å². The van der Waals surface area contributed by atoms with E-state index in [0.29, 0.717) is 21.4 Å². The van der Waals surface area contributed by atoms with Crippen LogP contribution in [0.1, 0.15) is 10.5 Å². The van der Waals surface area contributed by atoms with Gasteiger partial charge in [-0.25, -0.2) is 0 Å². The molecular weight excluding hydrogens is 303 g/mol. The number of hydrogen-bond acceptors (Lipinski definition) is 2. The van der Waals surface area contributed by atoms with Crippen molar-refractivity contribution in [1.82, 2.24) is 4.98 Å². The molecule has 0 bridgehead atoms. The lowest BCUT2D eigenvalue weighted by molar-refractivity contribution is 0.102. The van der Waals surface area contributed by atoms with Crippen molar-refractivity contribution in [2.24, 2.45) is 0 Å². The molecule has 0 aliphatic carbocycles. The second-order valence-electron chi connectivity index (χ2n) is 3.96. The largest absolute Gasteiger partial charge is 0.350 e. The van der Waals surface area contributed by atoms with Crippen molar-refractivity contribution in [1.29, 1.82) is 0 Å². The molecule has 1 aromatic carbocycles. The molecule has 0 saturated carbocycles. The predicted octanol–water partition coefficient (Wildman–Crippen LogP) is 4.79. The zero-order chi connectivity index (χ0) is 13.4. The number of aromatic amines is 1. The average molecular weight is 311 g/mol. The molecule has 96 valence electrons. The van der Waals surface area contributed by atoms with Gasteiger partial charge in [0.15, 0.2) is 0 Å². The van der Waals surface area contributed by atoms with Crippen molar-refractivity contribution in [2.75, 3.05) is 5.32 Å². The molecule has 0 saturated heterocycles. The Morgan fingerprint density at radius 3 is 2.79 bits per heavy atom. The zero-order valence-electron chi connectivity index (χ0n) is 9.54. The highest BCUT2D eigenvalue weighted by Crippen LogP contribution is 2.26. The molecule has 0 radical (unpaired) electrons. The van der Waals surface area contributed by atoms with Crippen LogP contribution < -0.4 is 5.32 Å². The fourth-order valence-corrected chi connectivity index (χ4v) is 2.99. The maximum atomic E-state index is 12.1. The fraction of sp³-hybridized carbons (Fsp3) is 0. The number of thiophene rings is 1. The number of H-pyrrole nitrogens is 1. The fourth-order valence-electron chi connectivity index (χ4n) is 1.75. The van der Waals surface area contributed by atoms with Gasteiger partial charge in [0.25, 0.3) is 5.91 Å². The number of carbonyl (C=O) groups excluding carboxylic acids is 1. The molecule has 3 aromatic rings. The van der Waals surface area contributed by atoms with Crippen molar-refractivity contribution in [3.05, 3.63) is 51.5 Å². The lowest BCUT2D eigenvalue weighted by Gasteiger charge is -2.06. The molecule has 0 aliphatic rings. The Labute approximate surface area is 123 Å². The molecule has 2 aromatic heterocycles. The molecule has 0 fully saturated rings. The molecule has 2 heterocycles. The van der Waals surface area contributed by atoms with Gasteiger partial charge in [-0.05, 0) is 35.7 Å². The summed E-state index contributed by atoms with van der Waals surface area (Å²) in [7, 11) is 0. The highest BCUT2D eigenvalue weighted by Gasteiger charge is 2.12. The number of nitrogens with one attached hydrogen (secondary N) is 2. The summed E-state index contributed by atoms with van der Waals surface area (Å²) in [6, 6.07) is 8.70. The number of rotatable bonds is 2. The minimum absolute atomic E-state index is 0.229. The van der Waals surface area contributed by atoms with Crippen LogP contribution in [-0.4, -0.2) is 10.9 Å². The summed E-state index contributed by atoms with van der Waals surface area (Å²) in [5, 5.41) is 5.66. The smallest absolute Gasteiger partial charge is 0.272 e. The van der Waals surface area contributed by atoms with Crippen LogP contribution in [-0.2, 0) is 0 Å². The highest BCUT2D eigenvalue weighted by molar-refractivity contribution is 7.17. The van der Waals surface area contributed by atoms with E-state index in [9.17, 15) is 4.79 Å². The Hall–Kier alpha value is -1.49. The van der Waals surface area contributed by atoms with E-state index in [4.69, 9.17) is 23.2 Å². The van der Waals surface area contributed by atoms with E-state index >= 15 is 0 Å². The van der Waals surface area contributed by atoms with Gasteiger partial charge >= 0.3 is 0 Å². The van der Waals surface area contributed by atoms with Crippen molar-refractivity contribution >= 4 is 56.3 Å². The number of hydrogen-bond donors (Lipinski definition) is 2. The summed E-state index contributed by atoms with van der Waals surface area (Å²) < 4.78 is 1.05. The van der Waals surface area contributed by atoms with Crippen LogP contribution in [0.4, 0.5) is 5.69 Å². The first kappa shape index (κ1) is 12.5. The SMILES string of the molecule is O=C(Nc1ccc(Cl)cc1Cl)c1cc2sccc2[nH]1. The van der Waals surface area contributed by atoms with Crippen LogP contribution in [0.2, 0.25) is 10.0 Å². The number of carbonyl (C=O) groups is 1. The van der Waals surface area contributed by atoms with Crippen LogP contribution in [0.15, 0.2) is 35.7 Å². The number of amides is 1. The second-order valence-corrected chi connectivity index (χ2v) is 5.75. The molecule has 3 rings (SSSR count). The van der Waals surface area contributed by atoms with Gasteiger partial charge in [-0.1, -0.05) is 23.2 Å². The molecule has 6 heteroatoms. The average Bonchev–Trinajstić information content (AvgIpc) is 2.93. The summed E-state index contributed by atoms with van der Waals surface area (Å²) in [6.45, 7) is 0. The summed E-state index contributed by atoms with van der Waals surface area (Å²) >= 11 is 13.4. The van der Waals surface area contributed by atoms with Crippen LogP contribution in [0.3, 0.4) is 0 Å². The third-order valence-corrected chi connectivity index (χ3v) is 4.08. The monoisotopic (exact) mass is 310 g/mol. The number of fused-ring (bicyclic) bond motifs is 1. The summed E-state index contributed by atoms with van der Waals surface area (Å²) in [5.74, 6) is -0.229. The van der Waals surface area contributed by atoms with E-state index in [-0.39, 0.29) is 5.91 Å². The summed E-state index contributed by atoms with van der Waals surface area (Å²) in [5.41, 5.74) is 2.00. The van der Waals surface area contributed by atoms with Gasteiger partial charge in [0.1, 0.15) is 5.69 Å². The Morgan fingerprint density at radius 2 is 2.05 bits per heavy atom. The van der Waals surface area contributed by atoms with Crippen LogP contribution in [0, 0.1) is 0 Å². The van der Waals surface area contributed by atoms with Gasteiger partial charge in [0.2, 0.25) is 0 Å². The number of halogens is 2. The van der Waals surface area contributed by atoms with Crippen molar-refractivity contribution in [2.45, 2.75) is 0 Å². The van der Waals surface area contributed by atoms with Gasteiger partial charge in [0.05, 0.1) is 20.9 Å². The minimum Gasteiger partial charge on any atom is -0.350 e. The Bertz CT molecular complexity index is 734. The van der Waals surface area contributed by atoms with E-state index in [0.717, 1.165) is 10.2 Å². The van der Waals surface area contributed by atoms with Gasteiger partial charge in [-0.2, -0.15) is 0 Å². The standard InChI is InChI=1S/C13H8Cl2N2OS/c14-7-1-2-9(8(15)5-7)17-13(18)11-6-12-10(16-11)3-4-19-12/h1-6,16H,(H,17,18). The maximum Gasteiger partial charge on any atom is 0.272 e. The molecule has 0 aliphatic heterocycles. The lowest BCUT2D eigenvalue weighted by atomic mass is 10.3. The van der Waals surface area contributed by atoms with E-state index in [1.165, 1.54) is 0 Å². The highest BCUT2D eigenvalue weighted by atomic mass is 35.5. The Morgan fingerprint density at radius 1 is 1.21 bits per heavy atom. The van der Waals surface area contributed by atoms with Crippen molar-refractivity contribution in [3.63, 3.8) is 0 Å². The Kier molecular flexibility index (Phi) is 3.22. The third-order valence-electron chi connectivity index (χ3n) is 2.66. The van der Waals surface area contributed by atoms with Gasteiger partial charge in [-0.15, -0.1) is 11.3 Å². The van der Waals surface area contributed by atoms with E-state index < -0.39 is 0 Å². The first-order chi connectivity index (χ1) is 9.13. The van der Waals surface area contributed by atoms with Gasteiger partial charge in [-0.3, -0.25) is 4.79 Å². The number of anilines is 1. The summed E-state index contributed by atoms with van der Waals surface area (Å²) in [6.07, 6.45) is 0. The number of aromatic nitrogens is 1. The number of benzene rings is 1. The molecule has 19 heavy (non-hydrogen) atoms.